The first-order valence-electron chi connectivity index (χ1n) is 5.72. The molecule has 0 radical (unpaired) electrons. The van der Waals surface area contributed by atoms with Crippen LogP contribution in [0.2, 0.25) is 5.02 Å². The molecule has 1 N–H and O–H groups in total. The molecule has 0 unspecified atom stereocenters. The van der Waals surface area contributed by atoms with Crippen molar-refractivity contribution in [3.63, 3.8) is 0 Å². The number of amides is 1. The Bertz CT molecular complexity index is 537. The molecule has 4 heteroatoms. The monoisotopic (exact) mass is 279 g/mol. The lowest BCUT2D eigenvalue weighted by atomic mass is 10.2. The van der Waals surface area contributed by atoms with Gasteiger partial charge in [-0.15, -0.1) is 0 Å². The average molecular weight is 280 g/mol. The molecule has 2 nitrogen and oxygen atoms in total. The standard InChI is InChI=1S/C14H14ClNOS/c1-10-2-4-13(12(15)8-10)16-14(17)5-3-11-6-7-18-9-11/h2,4,6-9H,3,5H2,1H3,(H,16,17). The minimum atomic E-state index is -0.00745. The van der Waals surface area contributed by atoms with Crippen LogP contribution in [0.5, 0.6) is 0 Å². The van der Waals surface area contributed by atoms with Crippen LogP contribution in [0, 0.1) is 6.92 Å². The molecule has 18 heavy (non-hydrogen) atoms. The minimum Gasteiger partial charge on any atom is -0.325 e. The average Bonchev–Trinajstić information content (AvgIpc) is 2.83. The largest absolute Gasteiger partial charge is 0.325 e. The number of anilines is 1. The van der Waals surface area contributed by atoms with Crippen molar-refractivity contribution < 1.29 is 4.79 Å². The molecule has 1 aromatic carbocycles. The zero-order valence-electron chi connectivity index (χ0n) is 10.1. The number of aryl methyl sites for hydroxylation is 2. The van der Waals surface area contributed by atoms with E-state index in [2.05, 4.69) is 10.7 Å². The van der Waals surface area contributed by atoms with Crippen LogP contribution < -0.4 is 5.32 Å². The van der Waals surface area contributed by atoms with Crippen LogP contribution in [0.1, 0.15) is 17.5 Å². The molecule has 1 amide bonds. The van der Waals surface area contributed by atoms with E-state index < -0.39 is 0 Å². The van der Waals surface area contributed by atoms with E-state index >= 15 is 0 Å². The van der Waals surface area contributed by atoms with Crippen LogP contribution >= 0.6 is 22.9 Å². The van der Waals surface area contributed by atoms with Gasteiger partial charge in [0.05, 0.1) is 10.7 Å². The number of thiophene rings is 1. The summed E-state index contributed by atoms with van der Waals surface area (Å²) in [6.45, 7) is 1.97. The van der Waals surface area contributed by atoms with Gasteiger partial charge in [-0.3, -0.25) is 4.79 Å². The number of halogens is 1. The van der Waals surface area contributed by atoms with Gasteiger partial charge < -0.3 is 5.32 Å². The van der Waals surface area contributed by atoms with Gasteiger partial charge in [-0.2, -0.15) is 11.3 Å². The molecule has 0 atom stereocenters. The Kier molecular flexibility index (Phi) is 4.39. The highest BCUT2D eigenvalue weighted by atomic mass is 35.5. The van der Waals surface area contributed by atoms with Crippen LogP contribution in [-0.4, -0.2) is 5.91 Å². The predicted octanol–water partition coefficient (Wildman–Crippen LogP) is 4.28. The van der Waals surface area contributed by atoms with Gasteiger partial charge in [-0.25, -0.2) is 0 Å². The molecular weight excluding hydrogens is 266 g/mol. The number of carbonyl (C=O) groups is 1. The number of nitrogens with one attached hydrogen (secondary N) is 1. The maximum Gasteiger partial charge on any atom is 0.224 e. The van der Waals surface area contributed by atoms with Crippen LogP contribution in [0.25, 0.3) is 0 Å². The van der Waals surface area contributed by atoms with Crippen molar-refractivity contribution in [1.29, 1.82) is 0 Å². The SMILES string of the molecule is Cc1ccc(NC(=O)CCc2ccsc2)c(Cl)c1. The highest BCUT2D eigenvalue weighted by Gasteiger charge is 2.06. The molecule has 2 rings (SSSR count). The van der Waals surface area contributed by atoms with Gasteiger partial charge in [0.15, 0.2) is 0 Å². The van der Waals surface area contributed by atoms with Gasteiger partial charge in [-0.1, -0.05) is 17.7 Å². The third kappa shape index (κ3) is 3.59. The van der Waals surface area contributed by atoms with Gasteiger partial charge in [0.25, 0.3) is 0 Å². The van der Waals surface area contributed by atoms with E-state index in [0.29, 0.717) is 17.1 Å². The van der Waals surface area contributed by atoms with E-state index in [1.807, 2.05) is 36.6 Å². The Morgan fingerprint density at radius 1 is 1.39 bits per heavy atom. The summed E-state index contributed by atoms with van der Waals surface area (Å²) in [6, 6.07) is 7.65. The van der Waals surface area contributed by atoms with Crippen molar-refractivity contribution in [1.82, 2.24) is 0 Å². The smallest absolute Gasteiger partial charge is 0.224 e. The van der Waals surface area contributed by atoms with Crippen molar-refractivity contribution >= 4 is 34.5 Å². The number of carbonyl (C=O) groups excluding carboxylic acids is 1. The van der Waals surface area contributed by atoms with Crippen LogP contribution in [0.15, 0.2) is 35.0 Å². The van der Waals surface area contributed by atoms with Gasteiger partial charge in [0.1, 0.15) is 0 Å². The van der Waals surface area contributed by atoms with E-state index in [1.54, 1.807) is 11.3 Å². The Labute approximate surface area is 116 Å². The van der Waals surface area contributed by atoms with E-state index in [9.17, 15) is 4.79 Å². The third-order valence-corrected chi connectivity index (χ3v) is 3.66. The van der Waals surface area contributed by atoms with Crippen molar-refractivity contribution in [3.05, 3.63) is 51.2 Å². The van der Waals surface area contributed by atoms with E-state index in [-0.39, 0.29) is 5.91 Å². The summed E-state index contributed by atoms with van der Waals surface area (Å²) in [5.74, 6) is -0.00745. The molecule has 0 spiro atoms. The lowest BCUT2D eigenvalue weighted by Crippen LogP contribution is -2.12. The maximum atomic E-state index is 11.8. The Balaban J connectivity index is 1.91. The van der Waals surface area contributed by atoms with E-state index in [4.69, 9.17) is 11.6 Å². The second-order valence-electron chi connectivity index (χ2n) is 4.16. The quantitative estimate of drug-likeness (QED) is 0.889. The summed E-state index contributed by atoms with van der Waals surface area (Å²) in [5.41, 5.74) is 2.96. The Morgan fingerprint density at radius 2 is 2.22 bits per heavy atom. The third-order valence-electron chi connectivity index (χ3n) is 2.62. The second kappa shape index (κ2) is 6.03. The molecule has 0 fully saturated rings. The van der Waals surface area contributed by atoms with Crippen LogP contribution in [0.3, 0.4) is 0 Å². The summed E-state index contributed by atoms with van der Waals surface area (Å²) in [5, 5.41) is 7.49. The first-order chi connectivity index (χ1) is 8.65. The fourth-order valence-corrected chi connectivity index (χ4v) is 2.61. The minimum absolute atomic E-state index is 0.00745. The Hall–Kier alpha value is -1.32. The summed E-state index contributed by atoms with van der Waals surface area (Å²) < 4.78 is 0. The van der Waals surface area contributed by atoms with Gasteiger partial charge in [0.2, 0.25) is 5.91 Å². The summed E-state index contributed by atoms with van der Waals surface area (Å²) >= 11 is 7.71. The molecule has 94 valence electrons. The van der Waals surface area contributed by atoms with Gasteiger partial charge >= 0.3 is 0 Å². The van der Waals surface area contributed by atoms with E-state index in [1.165, 1.54) is 5.56 Å². The lowest BCUT2D eigenvalue weighted by Gasteiger charge is -2.07. The second-order valence-corrected chi connectivity index (χ2v) is 5.35. The highest BCUT2D eigenvalue weighted by molar-refractivity contribution is 7.07. The molecule has 0 saturated carbocycles. The van der Waals surface area contributed by atoms with Gasteiger partial charge in [-0.05, 0) is 53.4 Å². The van der Waals surface area contributed by atoms with Gasteiger partial charge in [0, 0.05) is 6.42 Å². The van der Waals surface area contributed by atoms with Crippen molar-refractivity contribution in [2.24, 2.45) is 0 Å². The van der Waals surface area contributed by atoms with Crippen molar-refractivity contribution in [2.45, 2.75) is 19.8 Å². The van der Waals surface area contributed by atoms with Crippen molar-refractivity contribution in [3.8, 4) is 0 Å². The lowest BCUT2D eigenvalue weighted by molar-refractivity contribution is -0.116. The summed E-state index contributed by atoms with van der Waals surface area (Å²) in [7, 11) is 0. The van der Waals surface area contributed by atoms with Crippen molar-refractivity contribution in [2.75, 3.05) is 5.32 Å². The molecule has 1 aromatic heterocycles. The molecule has 0 bridgehead atoms. The Morgan fingerprint density at radius 3 is 2.89 bits per heavy atom. The molecule has 0 aliphatic carbocycles. The molecule has 0 aliphatic heterocycles. The predicted molar refractivity (Wildman–Crippen MR) is 77.5 cm³/mol. The fraction of sp³-hybridized carbons (Fsp3) is 0.214. The summed E-state index contributed by atoms with van der Waals surface area (Å²) in [4.78, 5) is 11.8. The number of benzene rings is 1. The first kappa shape index (κ1) is 13.1. The molecular formula is C14H14ClNOS. The zero-order valence-corrected chi connectivity index (χ0v) is 11.6. The number of hydrogen-bond acceptors (Lipinski definition) is 2. The molecule has 1 heterocycles. The topological polar surface area (TPSA) is 29.1 Å². The number of rotatable bonds is 4. The fourth-order valence-electron chi connectivity index (χ4n) is 1.63. The maximum absolute atomic E-state index is 11.8. The molecule has 0 saturated heterocycles. The molecule has 0 aliphatic rings. The highest BCUT2D eigenvalue weighted by Crippen LogP contribution is 2.23. The summed E-state index contributed by atoms with van der Waals surface area (Å²) in [6.07, 6.45) is 1.24. The van der Waals surface area contributed by atoms with Crippen LogP contribution in [0.4, 0.5) is 5.69 Å². The first-order valence-corrected chi connectivity index (χ1v) is 7.04. The van der Waals surface area contributed by atoms with Crippen LogP contribution in [-0.2, 0) is 11.2 Å². The molecule has 2 aromatic rings. The normalized spacial score (nSPS) is 10.3. The number of hydrogen-bond donors (Lipinski definition) is 1. The van der Waals surface area contributed by atoms with E-state index in [0.717, 1.165) is 12.0 Å². The zero-order chi connectivity index (χ0) is 13.0.